The van der Waals surface area contributed by atoms with Crippen LogP contribution in [-0.2, 0) is 28.2 Å². The number of rotatable bonds is 9. The van der Waals surface area contributed by atoms with Crippen LogP contribution in [0.5, 0.6) is 0 Å². The van der Waals surface area contributed by atoms with Crippen molar-refractivity contribution in [2.24, 2.45) is 0 Å². The second kappa shape index (κ2) is 8.18. The molecule has 1 radical (unpaired) electrons. The van der Waals surface area contributed by atoms with Crippen LogP contribution in [0.15, 0.2) is 0 Å². The van der Waals surface area contributed by atoms with Crippen LogP contribution in [0.3, 0.4) is 0 Å². The molecule has 15 heavy (non-hydrogen) atoms. The number of hydrogen-bond acceptors (Lipinski definition) is 7. The van der Waals surface area contributed by atoms with Gasteiger partial charge in [-0.3, -0.25) is 4.52 Å². The third-order valence-corrected chi connectivity index (χ3v) is 1.99. The molecule has 91 valence electrons. The molecule has 0 saturated heterocycles. The summed E-state index contributed by atoms with van der Waals surface area (Å²) in [6.45, 7) is 6.47. The molecule has 0 aliphatic rings. The molecule has 0 rings (SSSR count). The molecule has 0 spiro atoms. The van der Waals surface area contributed by atoms with E-state index in [-0.39, 0.29) is 19.8 Å². The Balaban J connectivity index is 4.08. The highest BCUT2D eigenvalue weighted by molar-refractivity contribution is 7.48. The van der Waals surface area contributed by atoms with E-state index in [1.807, 2.05) is 0 Å². The molecule has 0 bridgehead atoms. The van der Waals surface area contributed by atoms with Crippen LogP contribution in [0.25, 0.3) is 0 Å². The van der Waals surface area contributed by atoms with Crippen molar-refractivity contribution in [3.63, 3.8) is 0 Å². The first-order valence-corrected chi connectivity index (χ1v) is 5.88. The quantitative estimate of drug-likeness (QED) is 0.370. The lowest BCUT2D eigenvalue weighted by Gasteiger charge is -2.15. The Bertz CT molecular complexity index is 184. The van der Waals surface area contributed by atoms with Gasteiger partial charge in [0, 0.05) is 0 Å². The van der Waals surface area contributed by atoms with Crippen molar-refractivity contribution in [2.75, 3.05) is 19.8 Å². The number of hydrogen-bond donors (Lipinski definition) is 1. The summed E-state index contributed by atoms with van der Waals surface area (Å²) in [5, 5.41) is 8.82. The van der Waals surface area contributed by atoms with Crippen molar-refractivity contribution in [3.8, 4) is 0 Å². The summed E-state index contributed by atoms with van der Waals surface area (Å²) < 4.78 is 25.0. The summed E-state index contributed by atoms with van der Waals surface area (Å²) in [7, 11) is -3.95. The Hall–Kier alpha value is -0.0100. The highest BCUT2D eigenvalue weighted by Gasteiger charge is 2.30. The van der Waals surface area contributed by atoms with Crippen LogP contribution in [-0.4, -0.2) is 31.0 Å². The van der Waals surface area contributed by atoms with Gasteiger partial charge in [0.25, 0.3) is 0 Å². The molecule has 8 heteroatoms. The average molecular weight is 243 g/mol. The zero-order valence-electron chi connectivity index (χ0n) is 8.75. The van der Waals surface area contributed by atoms with Crippen LogP contribution < -0.4 is 0 Å². The lowest BCUT2D eigenvalue weighted by atomic mass is 10.5. The van der Waals surface area contributed by atoms with E-state index in [2.05, 4.69) is 30.6 Å². The second-order valence-corrected chi connectivity index (χ2v) is 3.81. The summed E-state index contributed by atoms with van der Waals surface area (Å²) in [6, 6.07) is 0. The minimum absolute atomic E-state index is 0.162. The molecule has 0 aliphatic heterocycles. The fourth-order valence-corrected chi connectivity index (χ4v) is 1.40. The van der Waals surface area contributed by atoms with Crippen LogP contribution in [0.2, 0.25) is 0 Å². The van der Waals surface area contributed by atoms with Gasteiger partial charge in [-0.15, -0.1) is 9.35 Å². The maximum atomic E-state index is 11.6. The van der Waals surface area contributed by atoms with Crippen molar-refractivity contribution in [1.82, 2.24) is 0 Å². The summed E-state index contributed by atoms with van der Waals surface area (Å²) in [4.78, 5) is 8.87. The van der Waals surface area contributed by atoms with Crippen LogP contribution in [0.1, 0.15) is 13.8 Å². The Kier molecular flexibility index (Phi) is 8.17. The van der Waals surface area contributed by atoms with E-state index in [4.69, 9.17) is 5.11 Å². The van der Waals surface area contributed by atoms with Gasteiger partial charge in [0.2, 0.25) is 0 Å². The molecule has 0 aliphatic carbocycles. The first-order chi connectivity index (χ1) is 7.04. The van der Waals surface area contributed by atoms with Gasteiger partial charge < -0.3 is 5.11 Å². The van der Waals surface area contributed by atoms with Crippen molar-refractivity contribution in [2.45, 2.75) is 20.0 Å². The molecular formula is C7H16O7P. The molecule has 7 nitrogen and oxygen atoms in total. The van der Waals surface area contributed by atoms with Gasteiger partial charge in [0.05, 0.1) is 25.9 Å². The standard InChI is InChI=1S/C7H16O7P/c1-4-10-13-15(9,14-11-5-2)12-6-7(3)8/h7-8H,3-6H2,1-2H3. The molecule has 0 heterocycles. The fraction of sp³-hybridized carbons (Fsp3) is 0.857. The molecule has 0 aromatic heterocycles. The number of phosphoric acid groups is 1. The second-order valence-electron chi connectivity index (χ2n) is 2.36. The summed E-state index contributed by atoms with van der Waals surface area (Å²) in [6.07, 6.45) is -1.05. The highest BCUT2D eigenvalue weighted by Crippen LogP contribution is 2.49. The van der Waals surface area contributed by atoms with Crippen molar-refractivity contribution < 1.29 is 33.3 Å². The van der Waals surface area contributed by atoms with Crippen molar-refractivity contribution in [3.05, 3.63) is 6.92 Å². The van der Waals surface area contributed by atoms with Gasteiger partial charge in [-0.1, -0.05) is 0 Å². The van der Waals surface area contributed by atoms with Crippen molar-refractivity contribution in [1.29, 1.82) is 0 Å². The Morgan fingerprint density at radius 1 is 1.27 bits per heavy atom. The first kappa shape index (κ1) is 15.0. The largest absolute Gasteiger partial charge is 0.529 e. The van der Waals surface area contributed by atoms with E-state index in [0.29, 0.717) is 0 Å². The van der Waals surface area contributed by atoms with Gasteiger partial charge in [-0.05, 0) is 20.8 Å². The molecule has 0 fully saturated rings. The van der Waals surface area contributed by atoms with Crippen LogP contribution in [0.4, 0.5) is 0 Å². The molecule has 0 aromatic carbocycles. The molecule has 1 N–H and O–H groups in total. The lowest BCUT2D eigenvalue weighted by molar-refractivity contribution is -0.279. The van der Waals surface area contributed by atoms with E-state index in [0.717, 1.165) is 0 Å². The van der Waals surface area contributed by atoms with E-state index < -0.39 is 13.9 Å². The normalized spacial score (nSPS) is 14.1. The third-order valence-electron chi connectivity index (χ3n) is 0.949. The van der Waals surface area contributed by atoms with Crippen LogP contribution in [0, 0.1) is 6.92 Å². The number of aliphatic hydroxyl groups is 1. The zero-order valence-corrected chi connectivity index (χ0v) is 9.64. The molecule has 0 amide bonds. The Labute approximate surface area is 88.7 Å². The highest BCUT2D eigenvalue weighted by atomic mass is 31.2. The van der Waals surface area contributed by atoms with E-state index in [9.17, 15) is 4.57 Å². The number of aliphatic hydroxyl groups excluding tert-OH is 1. The smallest absolute Gasteiger partial charge is 0.391 e. The van der Waals surface area contributed by atoms with Gasteiger partial charge in [-0.25, -0.2) is 14.3 Å². The summed E-state index contributed by atoms with van der Waals surface area (Å²) in [5.74, 6) is 0. The Morgan fingerprint density at radius 2 is 1.73 bits per heavy atom. The van der Waals surface area contributed by atoms with Crippen molar-refractivity contribution >= 4 is 7.82 Å². The van der Waals surface area contributed by atoms with E-state index in [1.165, 1.54) is 0 Å². The van der Waals surface area contributed by atoms with Crippen LogP contribution >= 0.6 is 7.82 Å². The molecule has 1 atom stereocenters. The monoisotopic (exact) mass is 243 g/mol. The Morgan fingerprint density at radius 3 is 2.07 bits per heavy atom. The maximum Gasteiger partial charge on any atom is 0.529 e. The lowest BCUT2D eigenvalue weighted by Crippen LogP contribution is -2.12. The maximum absolute atomic E-state index is 11.6. The van der Waals surface area contributed by atoms with Gasteiger partial charge in [0.1, 0.15) is 0 Å². The fourth-order valence-electron chi connectivity index (χ4n) is 0.467. The first-order valence-electron chi connectivity index (χ1n) is 4.42. The summed E-state index contributed by atoms with van der Waals surface area (Å²) >= 11 is 0. The predicted octanol–water partition coefficient (Wildman–Crippen LogP) is 1.24. The molecule has 1 unspecified atom stereocenters. The zero-order chi connectivity index (χ0) is 11.7. The molecular weight excluding hydrogens is 227 g/mol. The third kappa shape index (κ3) is 7.87. The van der Waals surface area contributed by atoms with E-state index >= 15 is 0 Å². The molecule has 0 saturated carbocycles. The minimum atomic E-state index is -3.95. The van der Waals surface area contributed by atoms with Gasteiger partial charge >= 0.3 is 7.82 Å². The van der Waals surface area contributed by atoms with E-state index in [1.54, 1.807) is 13.8 Å². The summed E-state index contributed by atoms with van der Waals surface area (Å²) in [5.41, 5.74) is 0. The average Bonchev–Trinajstić information content (AvgIpc) is 2.21. The van der Waals surface area contributed by atoms with Gasteiger partial charge in [0.15, 0.2) is 0 Å². The van der Waals surface area contributed by atoms with Gasteiger partial charge in [-0.2, -0.15) is 0 Å². The molecule has 0 aromatic rings. The predicted molar refractivity (Wildman–Crippen MR) is 50.3 cm³/mol. The topological polar surface area (TPSA) is 83.5 Å². The minimum Gasteiger partial charge on any atom is -0.391 e. The SMILES string of the molecule is [CH2]C(O)COP(=O)(OOCC)OOCC.